The highest BCUT2D eigenvalue weighted by Crippen LogP contribution is 2.30. The highest BCUT2D eigenvalue weighted by atomic mass is 16.1. The smallest absolute Gasteiger partial charge is 0.253 e. The van der Waals surface area contributed by atoms with Gasteiger partial charge in [0.25, 0.3) is 11.5 Å². The number of benzene rings is 1. The number of hydrogen-bond acceptors (Lipinski definition) is 5. The van der Waals surface area contributed by atoms with Gasteiger partial charge in [-0.05, 0) is 75.9 Å². The van der Waals surface area contributed by atoms with Gasteiger partial charge in [-0.1, -0.05) is 12.8 Å². The highest BCUT2D eigenvalue weighted by molar-refractivity contribution is 5.98. The Morgan fingerprint density at radius 3 is 2.44 bits per heavy atom. The van der Waals surface area contributed by atoms with E-state index in [0.29, 0.717) is 17.0 Å². The van der Waals surface area contributed by atoms with Gasteiger partial charge < -0.3 is 25.4 Å². The summed E-state index contributed by atoms with van der Waals surface area (Å²) in [6, 6.07) is 6.16. The number of aromatic amines is 1. The second kappa shape index (κ2) is 10.6. The number of nitrogens with zero attached hydrogens (tertiary/aromatic N) is 2. The predicted octanol–water partition coefficient (Wildman–Crippen LogP) is 3.58. The van der Waals surface area contributed by atoms with E-state index >= 15 is 0 Å². The van der Waals surface area contributed by atoms with Crippen LogP contribution in [0.15, 0.2) is 23.0 Å². The van der Waals surface area contributed by atoms with Crippen LogP contribution in [0.2, 0.25) is 0 Å². The van der Waals surface area contributed by atoms with E-state index in [9.17, 15) is 9.59 Å². The van der Waals surface area contributed by atoms with Crippen LogP contribution in [0.1, 0.15) is 58.4 Å². The molecule has 1 amide bonds. The first-order chi connectivity index (χ1) is 16.3. The molecule has 34 heavy (non-hydrogen) atoms. The zero-order valence-electron chi connectivity index (χ0n) is 21.1. The van der Waals surface area contributed by atoms with Gasteiger partial charge >= 0.3 is 0 Å². The van der Waals surface area contributed by atoms with Crippen LogP contribution in [0.4, 0.5) is 11.4 Å². The number of rotatable bonds is 7. The number of anilines is 2. The van der Waals surface area contributed by atoms with E-state index in [2.05, 4.69) is 38.5 Å². The molecule has 1 saturated carbocycles. The van der Waals surface area contributed by atoms with Crippen molar-refractivity contribution in [2.24, 2.45) is 5.92 Å². The first-order valence-electron chi connectivity index (χ1n) is 12.6. The quantitative estimate of drug-likeness (QED) is 0.582. The average Bonchev–Trinajstić information content (AvgIpc) is 3.32. The first-order valence-corrected chi connectivity index (χ1v) is 12.6. The maximum atomic E-state index is 13.4. The molecule has 184 valence electrons. The van der Waals surface area contributed by atoms with Gasteiger partial charge in [0.15, 0.2) is 0 Å². The molecule has 0 radical (unpaired) electrons. The normalized spacial score (nSPS) is 17.2. The van der Waals surface area contributed by atoms with E-state index in [1.54, 1.807) is 0 Å². The van der Waals surface area contributed by atoms with Crippen molar-refractivity contribution in [3.05, 3.63) is 56.5 Å². The van der Waals surface area contributed by atoms with E-state index < -0.39 is 0 Å². The van der Waals surface area contributed by atoms with Crippen LogP contribution in [-0.4, -0.2) is 55.6 Å². The monoisotopic (exact) mass is 465 g/mol. The molecule has 4 rings (SSSR count). The largest absolute Gasteiger partial charge is 0.384 e. The summed E-state index contributed by atoms with van der Waals surface area (Å²) in [7, 11) is 2.15. The molecule has 2 fully saturated rings. The molecule has 1 saturated heterocycles. The van der Waals surface area contributed by atoms with E-state index in [-0.39, 0.29) is 18.0 Å². The minimum absolute atomic E-state index is 0.139. The van der Waals surface area contributed by atoms with Crippen LogP contribution >= 0.6 is 0 Å². The number of hydrogen-bond donors (Lipinski definition) is 3. The molecule has 2 aromatic rings. The van der Waals surface area contributed by atoms with Crippen LogP contribution in [0, 0.1) is 26.7 Å². The highest BCUT2D eigenvalue weighted by Gasteiger charge is 2.21. The lowest BCUT2D eigenvalue weighted by molar-refractivity contribution is 0.0950. The average molecular weight is 466 g/mol. The molecule has 0 spiro atoms. The molecule has 1 aromatic heterocycles. The van der Waals surface area contributed by atoms with Crippen LogP contribution in [0.25, 0.3) is 0 Å². The standard InChI is InChI=1S/C27H39N5O2/c1-18-13-19(2)30-27(34)24(18)17-29-26(33)23-14-22(32-11-9-31(4)10-12-32)15-25(20(23)3)28-16-21-7-5-6-8-21/h13-15,21,28H,5-12,16-17H2,1-4H3,(H,29,33)(H,30,34). The zero-order valence-corrected chi connectivity index (χ0v) is 21.1. The van der Waals surface area contributed by atoms with Crippen molar-refractivity contribution in [1.82, 2.24) is 15.2 Å². The van der Waals surface area contributed by atoms with Gasteiger partial charge in [-0.2, -0.15) is 0 Å². The number of H-pyrrole nitrogens is 1. The number of nitrogens with one attached hydrogen (secondary N) is 3. The van der Waals surface area contributed by atoms with Crippen molar-refractivity contribution in [2.45, 2.75) is 53.0 Å². The number of aryl methyl sites for hydroxylation is 2. The number of aromatic nitrogens is 1. The van der Waals surface area contributed by atoms with Crippen molar-refractivity contribution >= 4 is 17.3 Å². The third kappa shape index (κ3) is 5.63. The number of pyridine rings is 1. The van der Waals surface area contributed by atoms with Crippen molar-refractivity contribution < 1.29 is 4.79 Å². The Labute approximate surface area is 202 Å². The Bertz CT molecular complexity index is 1080. The third-order valence-electron chi connectivity index (χ3n) is 7.48. The zero-order chi connectivity index (χ0) is 24.2. The van der Waals surface area contributed by atoms with E-state index in [4.69, 9.17) is 0 Å². The Hall–Kier alpha value is -2.80. The lowest BCUT2D eigenvalue weighted by Gasteiger charge is -2.34. The molecule has 1 aromatic carbocycles. The number of likely N-dealkylation sites (N-methyl/N-ethyl adjacent to an activating group) is 1. The SMILES string of the molecule is Cc1cc(C)c(CNC(=O)c2cc(N3CCN(C)CC3)cc(NCC3CCCC3)c2C)c(=O)[nH]1. The summed E-state index contributed by atoms with van der Waals surface area (Å²) >= 11 is 0. The van der Waals surface area contributed by atoms with Gasteiger partial charge in [-0.15, -0.1) is 0 Å². The molecule has 0 atom stereocenters. The molecule has 2 heterocycles. The van der Waals surface area contributed by atoms with Gasteiger partial charge in [0.1, 0.15) is 0 Å². The fourth-order valence-corrected chi connectivity index (χ4v) is 5.20. The number of piperazine rings is 1. The summed E-state index contributed by atoms with van der Waals surface area (Å²) < 4.78 is 0. The van der Waals surface area contributed by atoms with Crippen molar-refractivity contribution in [1.29, 1.82) is 0 Å². The summed E-state index contributed by atoms with van der Waals surface area (Å²) in [5.74, 6) is 0.567. The van der Waals surface area contributed by atoms with E-state index in [1.165, 1.54) is 25.7 Å². The second-order valence-electron chi connectivity index (χ2n) is 10.1. The van der Waals surface area contributed by atoms with E-state index in [1.807, 2.05) is 32.9 Å². The Morgan fingerprint density at radius 2 is 1.76 bits per heavy atom. The summed E-state index contributed by atoms with van der Waals surface area (Å²) in [5.41, 5.74) is 5.94. The Morgan fingerprint density at radius 1 is 1.06 bits per heavy atom. The fraction of sp³-hybridized carbons (Fsp3) is 0.556. The van der Waals surface area contributed by atoms with Crippen LogP contribution in [-0.2, 0) is 6.54 Å². The lowest BCUT2D eigenvalue weighted by atomic mass is 10.0. The molecule has 1 aliphatic heterocycles. The van der Waals surface area contributed by atoms with E-state index in [0.717, 1.165) is 60.9 Å². The van der Waals surface area contributed by atoms with Gasteiger partial charge in [-0.25, -0.2) is 0 Å². The maximum Gasteiger partial charge on any atom is 0.253 e. The first kappa shape index (κ1) is 24.3. The fourth-order valence-electron chi connectivity index (χ4n) is 5.20. The molecule has 0 bridgehead atoms. The van der Waals surface area contributed by atoms with Gasteiger partial charge in [0, 0.05) is 67.5 Å². The lowest BCUT2D eigenvalue weighted by Crippen LogP contribution is -2.44. The summed E-state index contributed by atoms with van der Waals surface area (Å²) in [4.78, 5) is 33.3. The molecular weight excluding hydrogens is 426 g/mol. The molecule has 7 nitrogen and oxygen atoms in total. The molecule has 3 N–H and O–H groups in total. The molecule has 7 heteroatoms. The minimum atomic E-state index is -0.142. The number of carbonyl (C=O) groups is 1. The topological polar surface area (TPSA) is 80.5 Å². The number of carbonyl (C=O) groups excluding carboxylic acids is 1. The molecule has 0 unspecified atom stereocenters. The summed E-state index contributed by atoms with van der Waals surface area (Å²) in [6.07, 6.45) is 5.19. The maximum absolute atomic E-state index is 13.4. The number of amides is 1. The summed E-state index contributed by atoms with van der Waals surface area (Å²) in [5, 5.41) is 6.67. The molecule has 2 aliphatic rings. The molecular formula is C27H39N5O2. The predicted molar refractivity (Wildman–Crippen MR) is 139 cm³/mol. The van der Waals surface area contributed by atoms with Gasteiger partial charge in [0.2, 0.25) is 0 Å². The second-order valence-corrected chi connectivity index (χ2v) is 10.1. The Balaban J connectivity index is 1.57. The third-order valence-corrected chi connectivity index (χ3v) is 7.48. The van der Waals surface area contributed by atoms with Crippen LogP contribution < -0.4 is 21.1 Å². The van der Waals surface area contributed by atoms with Crippen molar-refractivity contribution in [2.75, 3.05) is 50.0 Å². The van der Waals surface area contributed by atoms with Crippen LogP contribution in [0.5, 0.6) is 0 Å². The Kier molecular flexibility index (Phi) is 7.61. The van der Waals surface area contributed by atoms with Crippen molar-refractivity contribution in [3.8, 4) is 0 Å². The van der Waals surface area contributed by atoms with Gasteiger partial charge in [-0.3, -0.25) is 9.59 Å². The molecule has 1 aliphatic carbocycles. The summed E-state index contributed by atoms with van der Waals surface area (Å²) in [6.45, 7) is 10.9. The van der Waals surface area contributed by atoms with Gasteiger partial charge in [0.05, 0.1) is 0 Å². The van der Waals surface area contributed by atoms with Crippen LogP contribution in [0.3, 0.4) is 0 Å². The minimum Gasteiger partial charge on any atom is -0.384 e. The van der Waals surface area contributed by atoms with Crippen molar-refractivity contribution in [3.63, 3.8) is 0 Å².